The predicted octanol–water partition coefficient (Wildman–Crippen LogP) is 2.57. The van der Waals surface area contributed by atoms with Crippen molar-refractivity contribution in [2.24, 2.45) is 0 Å². The van der Waals surface area contributed by atoms with Crippen LogP contribution in [0.15, 0.2) is 24.3 Å². The van der Waals surface area contributed by atoms with Crippen LogP contribution in [0.4, 0.5) is 4.39 Å². The van der Waals surface area contributed by atoms with Crippen molar-refractivity contribution in [1.29, 1.82) is 0 Å². The van der Waals surface area contributed by atoms with Crippen LogP contribution in [-0.4, -0.2) is 21.3 Å². The van der Waals surface area contributed by atoms with Gasteiger partial charge in [-0.15, -0.1) is 0 Å². The van der Waals surface area contributed by atoms with E-state index in [1.54, 1.807) is 0 Å². The van der Waals surface area contributed by atoms with Crippen molar-refractivity contribution in [3.63, 3.8) is 0 Å². The summed E-state index contributed by atoms with van der Waals surface area (Å²) >= 11 is 5.81. The summed E-state index contributed by atoms with van der Waals surface area (Å²) in [7, 11) is 0. The van der Waals surface area contributed by atoms with Crippen LogP contribution in [0.3, 0.4) is 0 Å². The molecule has 0 saturated carbocycles. The quantitative estimate of drug-likeness (QED) is 0.848. The van der Waals surface area contributed by atoms with Crippen LogP contribution in [0.2, 0.25) is 5.02 Å². The van der Waals surface area contributed by atoms with E-state index in [4.69, 9.17) is 16.7 Å². The number of nitrogens with one attached hydrogen (secondary N) is 1. The van der Waals surface area contributed by atoms with Crippen molar-refractivity contribution in [2.45, 2.75) is 0 Å². The van der Waals surface area contributed by atoms with E-state index in [-0.39, 0.29) is 10.7 Å². The first-order valence-electron chi connectivity index (χ1n) is 4.32. The molecular formula is C10H6ClFN2O2. The first kappa shape index (κ1) is 10.6. The van der Waals surface area contributed by atoms with E-state index in [0.717, 1.165) is 6.07 Å². The summed E-state index contributed by atoms with van der Waals surface area (Å²) in [5, 5.41) is 15.0. The molecule has 1 heterocycles. The highest BCUT2D eigenvalue weighted by atomic mass is 35.5. The van der Waals surface area contributed by atoms with Gasteiger partial charge in [0.25, 0.3) is 0 Å². The molecular weight excluding hydrogens is 235 g/mol. The van der Waals surface area contributed by atoms with E-state index < -0.39 is 11.8 Å². The van der Waals surface area contributed by atoms with Gasteiger partial charge in [-0.25, -0.2) is 9.18 Å². The molecule has 0 aliphatic heterocycles. The van der Waals surface area contributed by atoms with Gasteiger partial charge in [0, 0.05) is 5.56 Å². The third kappa shape index (κ3) is 1.90. The lowest BCUT2D eigenvalue weighted by atomic mass is 10.1. The summed E-state index contributed by atoms with van der Waals surface area (Å²) in [4.78, 5) is 10.6. The van der Waals surface area contributed by atoms with Crippen molar-refractivity contribution >= 4 is 17.6 Å². The minimum absolute atomic E-state index is 0.0459. The molecule has 1 aromatic carbocycles. The molecule has 0 unspecified atom stereocenters. The lowest BCUT2D eigenvalue weighted by Crippen LogP contribution is -1.95. The van der Waals surface area contributed by atoms with Crippen molar-refractivity contribution in [3.8, 4) is 11.3 Å². The summed E-state index contributed by atoms with van der Waals surface area (Å²) in [6.45, 7) is 0. The number of hydrogen-bond acceptors (Lipinski definition) is 2. The molecule has 0 atom stereocenters. The van der Waals surface area contributed by atoms with E-state index in [9.17, 15) is 9.18 Å². The van der Waals surface area contributed by atoms with Gasteiger partial charge in [-0.05, 0) is 24.3 Å². The fourth-order valence-corrected chi connectivity index (χ4v) is 1.53. The summed E-state index contributed by atoms with van der Waals surface area (Å²) < 4.78 is 12.8. The highest BCUT2D eigenvalue weighted by Crippen LogP contribution is 2.27. The number of rotatable bonds is 2. The van der Waals surface area contributed by atoms with Crippen molar-refractivity contribution in [2.75, 3.05) is 0 Å². The summed E-state index contributed by atoms with van der Waals surface area (Å²) in [6.07, 6.45) is 0. The van der Waals surface area contributed by atoms with Gasteiger partial charge >= 0.3 is 5.97 Å². The first-order valence-corrected chi connectivity index (χ1v) is 4.70. The predicted molar refractivity (Wildman–Crippen MR) is 56.0 cm³/mol. The molecule has 0 aliphatic carbocycles. The molecule has 1 aromatic heterocycles. The van der Waals surface area contributed by atoms with E-state index in [1.165, 1.54) is 18.2 Å². The number of halogens is 2. The highest BCUT2D eigenvalue weighted by molar-refractivity contribution is 6.33. The third-order valence-electron chi connectivity index (χ3n) is 2.02. The van der Waals surface area contributed by atoms with Crippen LogP contribution >= 0.6 is 11.6 Å². The molecule has 0 spiro atoms. The van der Waals surface area contributed by atoms with Gasteiger partial charge in [-0.2, -0.15) is 5.10 Å². The lowest BCUT2D eigenvalue weighted by molar-refractivity contribution is 0.0690. The number of aromatic nitrogens is 2. The molecule has 0 amide bonds. The standard InChI is InChI=1S/C10H6ClFN2O2/c11-7-3-5(12)1-2-6(7)8-4-9(10(15)16)14-13-8/h1-4H,(H,13,14)(H,15,16). The molecule has 2 aromatic rings. The van der Waals surface area contributed by atoms with Crippen molar-refractivity contribution in [3.05, 3.63) is 40.8 Å². The average Bonchev–Trinajstić information content (AvgIpc) is 2.66. The van der Waals surface area contributed by atoms with Crippen molar-refractivity contribution in [1.82, 2.24) is 10.2 Å². The second-order valence-corrected chi connectivity index (χ2v) is 3.50. The molecule has 0 saturated heterocycles. The van der Waals surface area contributed by atoms with Crippen LogP contribution < -0.4 is 0 Å². The Bertz CT molecular complexity index is 554. The number of carbonyl (C=O) groups is 1. The molecule has 0 fully saturated rings. The van der Waals surface area contributed by atoms with Crippen molar-refractivity contribution < 1.29 is 14.3 Å². The zero-order chi connectivity index (χ0) is 11.7. The van der Waals surface area contributed by atoms with Gasteiger partial charge in [0.1, 0.15) is 11.5 Å². The summed E-state index contributed by atoms with van der Waals surface area (Å²) in [5.41, 5.74) is 0.796. The van der Waals surface area contributed by atoms with Gasteiger partial charge in [-0.3, -0.25) is 5.10 Å². The van der Waals surface area contributed by atoms with Gasteiger partial charge in [0.05, 0.1) is 10.7 Å². The molecule has 4 nitrogen and oxygen atoms in total. The minimum Gasteiger partial charge on any atom is -0.477 e. The lowest BCUT2D eigenvalue weighted by Gasteiger charge is -1.99. The SMILES string of the molecule is O=C(O)c1cc(-c2ccc(F)cc2Cl)n[nH]1. The van der Waals surface area contributed by atoms with Crippen LogP contribution in [0.25, 0.3) is 11.3 Å². The maximum absolute atomic E-state index is 12.8. The second kappa shape index (κ2) is 3.94. The molecule has 0 aliphatic rings. The van der Waals surface area contributed by atoms with Gasteiger partial charge in [0.2, 0.25) is 0 Å². The third-order valence-corrected chi connectivity index (χ3v) is 2.33. The maximum Gasteiger partial charge on any atom is 0.353 e. The number of hydrogen-bond donors (Lipinski definition) is 2. The maximum atomic E-state index is 12.8. The Morgan fingerprint density at radius 2 is 2.19 bits per heavy atom. The Balaban J connectivity index is 2.46. The Kier molecular flexibility index (Phi) is 2.62. The normalized spacial score (nSPS) is 10.4. The fraction of sp³-hybridized carbons (Fsp3) is 0. The number of carboxylic acids is 1. The zero-order valence-electron chi connectivity index (χ0n) is 7.87. The van der Waals surface area contributed by atoms with Crippen LogP contribution in [-0.2, 0) is 0 Å². The molecule has 6 heteroatoms. The van der Waals surface area contributed by atoms with E-state index in [2.05, 4.69) is 10.2 Å². The van der Waals surface area contributed by atoms with E-state index in [1.807, 2.05) is 0 Å². The van der Waals surface area contributed by atoms with E-state index >= 15 is 0 Å². The van der Waals surface area contributed by atoms with Gasteiger partial charge in [0.15, 0.2) is 0 Å². The van der Waals surface area contributed by atoms with Gasteiger partial charge in [-0.1, -0.05) is 11.6 Å². The van der Waals surface area contributed by atoms with Crippen LogP contribution in [0.1, 0.15) is 10.5 Å². The summed E-state index contributed by atoms with van der Waals surface area (Å²) in [6, 6.07) is 5.16. The number of nitrogens with zero attached hydrogens (tertiary/aromatic N) is 1. The molecule has 82 valence electrons. The highest BCUT2D eigenvalue weighted by Gasteiger charge is 2.11. The zero-order valence-corrected chi connectivity index (χ0v) is 8.62. The first-order chi connectivity index (χ1) is 7.58. The monoisotopic (exact) mass is 240 g/mol. The number of carboxylic acid groups (broad SMARTS) is 1. The minimum atomic E-state index is -1.11. The number of H-pyrrole nitrogens is 1. The second-order valence-electron chi connectivity index (χ2n) is 3.10. The molecule has 2 N–H and O–H groups in total. The van der Waals surface area contributed by atoms with Crippen LogP contribution in [0, 0.1) is 5.82 Å². The van der Waals surface area contributed by atoms with Gasteiger partial charge < -0.3 is 5.11 Å². The Labute approximate surface area is 94.7 Å². The molecule has 16 heavy (non-hydrogen) atoms. The van der Waals surface area contributed by atoms with Crippen LogP contribution in [0.5, 0.6) is 0 Å². The Morgan fingerprint density at radius 1 is 1.44 bits per heavy atom. The smallest absolute Gasteiger partial charge is 0.353 e. The number of benzene rings is 1. The number of aromatic amines is 1. The van der Waals surface area contributed by atoms with E-state index in [0.29, 0.717) is 11.3 Å². The largest absolute Gasteiger partial charge is 0.477 e. The fourth-order valence-electron chi connectivity index (χ4n) is 1.27. The Morgan fingerprint density at radius 3 is 2.75 bits per heavy atom. The summed E-state index contributed by atoms with van der Waals surface area (Å²) in [5.74, 6) is -1.57. The molecule has 0 bridgehead atoms. The average molecular weight is 241 g/mol. The Hall–Kier alpha value is -1.88. The number of aromatic carboxylic acids is 1. The topological polar surface area (TPSA) is 66.0 Å². The molecule has 0 radical (unpaired) electrons. The molecule has 2 rings (SSSR count).